The van der Waals surface area contributed by atoms with Gasteiger partial charge in [0.05, 0.1) is 6.42 Å². The van der Waals surface area contributed by atoms with Gasteiger partial charge in [0.25, 0.3) is 5.91 Å². The van der Waals surface area contributed by atoms with E-state index in [-0.39, 0.29) is 41.5 Å². The van der Waals surface area contributed by atoms with E-state index in [1.807, 2.05) is 0 Å². The second kappa shape index (κ2) is 10.6. The molecule has 3 N–H and O–H groups in total. The maximum absolute atomic E-state index is 13.4. The Balaban J connectivity index is 1.59. The first kappa shape index (κ1) is 26.8. The van der Waals surface area contributed by atoms with Gasteiger partial charge in [0, 0.05) is 24.0 Å². The van der Waals surface area contributed by atoms with Crippen LogP contribution in [0.1, 0.15) is 31.9 Å². The molecule has 0 bridgehead atoms. The van der Waals surface area contributed by atoms with E-state index in [4.69, 9.17) is 4.74 Å². The highest BCUT2D eigenvalue weighted by Crippen LogP contribution is 2.40. The number of thioether (sulfide) groups is 1. The van der Waals surface area contributed by atoms with E-state index in [1.54, 1.807) is 6.92 Å². The number of carbonyl (C=O) groups excluding carboxylic acids is 5. The Kier molecular flexibility index (Phi) is 7.49. The second-order valence-corrected chi connectivity index (χ2v) is 9.90. The molecule has 1 unspecified atom stereocenters. The predicted molar refractivity (Wildman–Crippen MR) is 133 cm³/mol. The molecule has 1 saturated heterocycles. The van der Waals surface area contributed by atoms with Crippen molar-refractivity contribution in [3.63, 3.8) is 0 Å². The number of hydrogen-bond donors (Lipinski definition) is 3. The van der Waals surface area contributed by atoms with Gasteiger partial charge in [-0.05, 0) is 36.3 Å². The van der Waals surface area contributed by atoms with Gasteiger partial charge in [-0.15, -0.1) is 11.8 Å². The highest BCUT2D eigenvalue weighted by molar-refractivity contribution is 8.00. The minimum atomic E-state index is -1.36. The van der Waals surface area contributed by atoms with Crippen LogP contribution >= 0.6 is 11.8 Å². The number of aromatic hydroxyl groups is 1. The Morgan fingerprint density at radius 1 is 1.21 bits per heavy atom. The lowest BCUT2D eigenvalue weighted by Crippen LogP contribution is -2.71. The normalized spacial score (nSPS) is 22.9. The summed E-state index contributed by atoms with van der Waals surface area (Å²) >= 11 is 1.21. The lowest BCUT2D eigenvalue weighted by atomic mass is 9.95. The smallest absolute Gasteiger partial charge is 0.352 e. The Hall–Kier alpha value is -4.26. The van der Waals surface area contributed by atoms with E-state index < -0.39 is 52.8 Å². The molecule has 0 saturated carbocycles. The Bertz CT molecular complexity index is 1350. The summed E-state index contributed by atoms with van der Waals surface area (Å²) in [6.45, 7) is 2.51. The number of allylic oxidation sites excluding steroid dienone is 2. The van der Waals surface area contributed by atoms with Crippen molar-refractivity contribution in [2.24, 2.45) is 4.99 Å². The molecule has 2 amide bonds. The van der Waals surface area contributed by atoms with Crippen molar-refractivity contribution < 1.29 is 43.7 Å². The Labute approximate surface area is 220 Å². The van der Waals surface area contributed by atoms with Crippen molar-refractivity contribution in [3.05, 3.63) is 52.7 Å². The van der Waals surface area contributed by atoms with Crippen LogP contribution in [-0.2, 0) is 33.5 Å². The summed E-state index contributed by atoms with van der Waals surface area (Å²) < 4.78 is 4.92. The fourth-order valence-corrected chi connectivity index (χ4v) is 5.53. The molecule has 3 aliphatic rings. The number of fused-ring (bicyclic) bond motifs is 1. The van der Waals surface area contributed by atoms with Crippen molar-refractivity contribution in [1.29, 1.82) is 0 Å². The topological polar surface area (TPSA) is 180 Å². The van der Waals surface area contributed by atoms with Crippen LogP contribution in [0.2, 0.25) is 0 Å². The quantitative estimate of drug-likeness (QED) is 0.252. The molecule has 1 aliphatic carbocycles. The van der Waals surface area contributed by atoms with Crippen molar-refractivity contribution in [2.75, 3.05) is 12.4 Å². The number of phenolic OH excluding ortho intramolecular Hbond substituents is 1. The third kappa shape index (κ3) is 5.23. The third-order valence-electron chi connectivity index (χ3n) is 6.14. The van der Waals surface area contributed by atoms with Gasteiger partial charge in [0.2, 0.25) is 17.5 Å². The van der Waals surface area contributed by atoms with Gasteiger partial charge in [-0.2, -0.15) is 0 Å². The van der Waals surface area contributed by atoms with Gasteiger partial charge in [-0.3, -0.25) is 33.9 Å². The first-order valence-corrected chi connectivity index (χ1v) is 12.5. The van der Waals surface area contributed by atoms with Crippen LogP contribution in [-0.4, -0.2) is 79.9 Å². The number of nitrogens with one attached hydrogen (secondary N) is 1. The van der Waals surface area contributed by atoms with Gasteiger partial charge in [-0.25, -0.2) is 4.79 Å². The number of rotatable bonds is 7. The maximum atomic E-state index is 13.4. The van der Waals surface area contributed by atoms with Gasteiger partial charge >= 0.3 is 11.9 Å². The fraction of sp³-hybridized carbons (Fsp3) is 0.320. The molecule has 1 fully saturated rings. The van der Waals surface area contributed by atoms with Gasteiger partial charge < -0.3 is 20.3 Å². The molecule has 12 nitrogen and oxygen atoms in total. The van der Waals surface area contributed by atoms with Crippen LogP contribution in [0.5, 0.6) is 5.75 Å². The molecular formula is C25H23N3O9S. The lowest BCUT2D eigenvalue weighted by molar-refractivity contribution is -0.151. The number of aliphatic carboxylic acids is 1. The monoisotopic (exact) mass is 541 g/mol. The van der Waals surface area contributed by atoms with Crippen molar-refractivity contribution in [2.45, 2.75) is 37.7 Å². The van der Waals surface area contributed by atoms with Crippen molar-refractivity contribution >= 4 is 52.8 Å². The average Bonchev–Trinajstić information content (AvgIpc) is 2.87. The summed E-state index contributed by atoms with van der Waals surface area (Å²) in [6, 6.07) is 3.37. The van der Waals surface area contributed by atoms with Crippen LogP contribution in [0.4, 0.5) is 0 Å². The largest absolute Gasteiger partial charge is 0.508 e. The zero-order valence-electron chi connectivity index (χ0n) is 20.3. The number of amides is 2. The van der Waals surface area contributed by atoms with E-state index in [2.05, 4.69) is 10.3 Å². The number of carboxylic acid groups (broad SMARTS) is 1. The third-order valence-corrected chi connectivity index (χ3v) is 7.48. The molecule has 3 atom stereocenters. The molecule has 2 aliphatic heterocycles. The molecule has 0 aromatic heterocycles. The van der Waals surface area contributed by atoms with Crippen LogP contribution < -0.4 is 5.32 Å². The van der Waals surface area contributed by atoms with E-state index in [0.29, 0.717) is 11.1 Å². The van der Waals surface area contributed by atoms with E-state index in [1.165, 1.54) is 43.0 Å². The van der Waals surface area contributed by atoms with Crippen molar-refractivity contribution in [3.8, 4) is 5.75 Å². The van der Waals surface area contributed by atoms with Gasteiger partial charge in [-0.1, -0.05) is 12.1 Å². The van der Waals surface area contributed by atoms with Gasteiger partial charge in [0.15, 0.2) is 6.04 Å². The number of carboxylic acids is 1. The van der Waals surface area contributed by atoms with E-state index >= 15 is 0 Å². The number of Topliss-reactive ketones (excluding diaryl/α,β-unsaturated/α-hetero) is 1. The summed E-state index contributed by atoms with van der Waals surface area (Å²) in [5, 5.41) is 21.3. The first-order chi connectivity index (χ1) is 18.0. The molecule has 0 spiro atoms. The molecule has 38 heavy (non-hydrogen) atoms. The first-order valence-electron chi connectivity index (χ1n) is 11.4. The number of ether oxygens (including phenoxy) is 1. The zero-order chi connectivity index (χ0) is 27.7. The molecule has 0 radical (unpaired) electrons. The number of phenols is 1. The Morgan fingerprint density at radius 3 is 2.53 bits per heavy atom. The van der Waals surface area contributed by atoms with Crippen LogP contribution in [0, 0.1) is 0 Å². The highest BCUT2D eigenvalue weighted by atomic mass is 32.2. The number of β-lactam (4-membered cyclic amide) rings is 1. The number of hydrogen-bond acceptors (Lipinski definition) is 10. The van der Waals surface area contributed by atoms with Crippen LogP contribution in [0.15, 0.2) is 52.2 Å². The summed E-state index contributed by atoms with van der Waals surface area (Å²) in [5.41, 5.74) is 1.00. The van der Waals surface area contributed by atoms with Crippen molar-refractivity contribution in [1.82, 2.24) is 10.2 Å². The summed E-state index contributed by atoms with van der Waals surface area (Å²) in [6.07, 6.45) is 0.866. The Morgan fingerprint density at radius 2 is 1.89 bits per heavy atom. The zero-order valence-corrected chi connectivity index (χ0v) is 21.1. The highest BCUT2D eigenvalue weighted by Gasteiger charge is 2.54. The molecule has 198 valence electrons. The molecule has 13 heteroatoms. The molecular weight excluding hydrogens is 518 g/mol. The number of esters is 1. The molecule has 1 aromatic rings. The fourth-order valence-electron chi connectivity index (χ4n) is 4.20. The maximum Gasteiger partial charge on any atom is 0.352 e. The number of benzene rings is 1. The van der Waals surface area contributed by atoms with Crippen LogP contribution in [0.3, 0.4) is 0 Å². The predicted octanol–water partition coefficient (Wildman–Crippen LogP) is 0.664. The standard InChI is InChI=1S/C25H23N3O9S/c1-11-7-17(31)18(32)8-16(11)26-19(13-3-5-15(30)6-4-13)22(33)27-20-23(34)28-21(25(35)36)14(9-37-12(2)29)10-38-24(20)28/h3-7,19-20,24,30H,8-10H2,1-2H3,(H,27,33)(H,35,36)/t19?,20-,24-/m1/s1. The number of nitrogens with zero attached hydrogens (tertiary/aromatic N) is 2. The molecule has 1 aromatic carbocycles. The molecule has 2 heterocycles. The number of aliphatic imine (C=N–C) groups is 1. The minimum absolute atomic E-state index is 0.0453. The second-order valence-electron chi connectivity index (χ2n) is 8.80. The van der Waals surface area contributed by atoms with E-state index in [9.17, 15) is 39.0 Å². The summed E-state index contributed by atoms with van der Waals surface area (Å²) in [5.74, 6) is -4.49. The SMILES string of the molecule is CC(=O)OCC1=C(C(=O)O)N2C(=O)[C@@H](NC(=O)C(N=C3CC(=O)C(=O)C=C3C)c3ccc(O)cc3)[C@H]2SC1. The van der Waals surface area contributed by atoms with E-state index in [0.717, 1.165) is 11.0 Å². The number of carbonyl (C=O) groups is 6. The minimum Gasteiger partial charge on any atom is -0.508 e. The molecule has 4 rings (SSSR count). The summed E-state index contributed by atoms with van der Waals surface area (Å²) in [7, 11) is 0. The average molecular weight is 542 g/mol. The summed E-state index contributed by atoms with van der Waals surface area (Å²) in [4.78, 5) is 78.7. The van der Waals surface area contributed by atoms with Gasteiger partial charge in [0.1, 0.15) is 29.5 Å². The van der Waals surface area contributed by atoms with Crippen LogP contribution in [0.25, 0.3) is 0 Å². The number of ketones is 2. The lowest BCUT2D eigenvalue weighted by Gasteiger charge is -2.49.